The molecule has 0 unspecified atom stereocenters. The van der Waals surface area contributed by atoms with E-state index in [1.165, 1.54) is 14.1 Å². The lowest BCUT2D eigenvalue weighted by Gasteiger charge is -2.06. The Morgan fingerprint density at radius 2 is 1.30 bits per heavy atom. The summed E-state index contributed by atoms with van der Waals surface area (Å²) in [6.45, 7) is 0.125. The van der Waals surface area contributed by atoms with Gasteiger partial charge in [0.15, 0.2) is 0 Å². The van der Waals surface area contributed by atoms with Crippen LogP contribution in [0.1, 0.15) is 25.7 Å². The highest BCUT2D eigenvalue weighted by Crippen LogP contribution is 2.24. The number of hydroxylamine groups is 4. The van der Waals surface area contributed by atoms with Crippen molar-refractivity contribution in [3.8, 4) is 0 Å². The van der Waals surface area contributed by atoms with Gasteiger partial charge in [-0.05, 0) is 12.8 Å². The molecular formula is C10H20N2O7P+. The van der Waals surface area contributed by atoms with E-state index in [4.69, 9.17) is 19.5 Å². The second kappa shape index (κ2) is 10.6. The number of carbonyl (C=O) groups excluding carboxylic acids is 2. The van der Waals surface area contributed by atoms with Crippen LogP contribution in [0.2, 0.25) is 0 Å². The van der Waals surface area contributed by atoms with Gasteiger partial charge in [-0.1, -0.05) is 0 Å². The number of hydrogen-bond donors (Lipinski definition) is 2. The van der Waals surface area contributed by atoms with Gasteiger partial charge in [0.05, 0.1) is 0 Å². The zero-order valence-electron chi connectivity index (χ0n) is 11.5. The first-order chi connectivity index (χ1) is 9.34. The monoisotopic (exact) mass is 311 g/mol. The zero-order valence-corrected chi connectivity index (χ0v) is 12.4. The Kier molecular flexibility index (Phi) is 10.0. The van der Waals surface area contributed by atoms with Gasteiger partial charge in [0.25, 0.3) is 0 Å². The lowest BCUT2D eigenvalue weighted by atomic mass is 10.3. The van der Waals surface area contributed by atoms with Crippen molar-refractivity contribution < 1.29 is 33.6 Å². The summed E-state index contributed by atoms with van der Waals surface area (Å²) in [7, 11) is 0.142. The molecule has 0 rings (SSSR count). The number of nitrogens with zero attached hydrogens (tertiary/aromatic N) is 2. The van der Waals surface area contributed by atoms with Crippen molar-refractivity contribution in [2.75, 3.05) is 27.3 Å². The van der Waals surface area contributed by atoms with Crippen molar-refractivity contribution in [2.24, 2.45) is 0 Å². The molecule has 2 amide bonds. The quantitative estimate of drug-likeness (QED) is 0.267. The molecule has 10 heteroatoms. The topological polar surface area (TPSA) is 117 Å². The predicted molar refractivity (Wildman–Crippen MR) is 67.1 cm³/mol. The molecule has 0 aromatic rings. The summed E-state index contributed by atoms with van der Waals surface area (Å²) in [5.74, 6) is -0.923. The molecule has 0 spiro atoms. The standard InChI is InChI=1S/C10H20N2O7P/c1-11(15)9(13)5-3-7-18-20(17)19-8-4-6-10(14)12(2)16/h15-16H,3-8H2,1-2H3/q+1. The second-order valence-electron chi connectivity index (χ2n) is 3.93. The van der Waals surface area contributed by atoms with Crippen LogP contribution in [-0.4, -0.2) is 59.7 Å². The van der Waals surface area contributed by atoms with Crippen LogP contribution in [0.25, 0.3) is 0 Å². The highest BCUT2D eigenvalue weighted by Gasteiger charge is 2.20. The molecular weight excluding hydrogens is 291 g/mol. The van der Waals surface area contributed by atoms with Gasteiger partial charge in [-0.25, -0.2) is 10.1 Å². The summed E-state index contributed by atoms with van der Waals surface area (Å²) in [5, 5.41) is 18.5. The summed E-state index contributed by atoms with van der Waals surface area (Å²) in [4.78, 5) is 22.0. The molecule has 0 aliphatic rings. The molecule has 20 heavy (non-hydrogen) atoms. The van der Waals surface area contributed by atoms with Crippen molar-refractivity contribution in [3.05, 3.63) is 0 Å². The van der Waals surface area contributed by atoms with Gasteiger partial charge in [-0.2, -0.15) is 0 Å². The van der Waals surface area contributed by atoms with Gasteiger partial charge in [0, 0.05) is 31.5 Å². The molecule has 0 atom stereocenters. The lowest BCUT2D eigenvalue weighted by Crippen LogP contribution is -2.22. The molecule has 0 bridgehead atoms. The van der Waals surface area contributed by atoms with Gasteiger partial charge < -0.3 is 0 Å². The van der Waals surface area contributed by atoms with Crippen LogP contribution in [0, 0.1) is 0 Å². The van der Waals surface area contributed by atoms with Gasteiger partial charge in [0.2, 0.25) is 11.8 Å². The van der Waals surface area contributed by atoms with Crippen molar-refractivity contribution in [2.45, 2.75) is 25.7 Å². The summed E-state index contributed by atoms with van der Waals surface area (Å²) in [5.41, 5.74) is 0. The van der Waals surface area contributed by atoms with Crippen LogP contribution < -0.4 is 0 Å². The van der Waals surface area contributed by atoms with Gasteiger partial charge in [-0.15, -0.1) is 9.05 Å². The Morgan fingerprint density at radius 1 is 0.950 bits per heavy atom. The number of amides is 2. The predicted octanol–water partition coefficient (Wildman–Crippen LogP) is 0.933. The SMILES string of the molecule is CN(O)C(=O)CCCO[P+](=O)OCCCC(=O)N(C)O. The lowest BCUT2D eigenvalue weighted by molar-refractivity contribution is -0.159. The van der Waals surface area contributed by atoms with Crippen molar-refractivity contribution in [1.82, 2.24) is 10.1 Å². The van der Waals surface area contributed by atoms with Crippen molar-refractivity contribution in [3.63, 3.8) is 0 Å². The van der Waals surface area contributed by atoms with Crippen LogP contribution in [0.15, 0.2) is 0 Å². The van der Waals surface area contributed by atoms with E-state index in [9.17, 15) is 14.2 Å². The molecule has 0 saturated heterocycles. The van der Waals surface area contributed by atoms with Gasteiger partial charge in [0.1, 0.15) is 13.2 Å². The fraction of sp³-hybridized carbons (Fsp3) is 0.800. The van der Waals surface area contributed by atoms with E-state index in [1.54, 1.807) is 0 Å². The van der Waals surface area contributed by atoms with Crippen LogP contribution >= 0.6 is 8.25 Å². The third kappa shape index (κ3) is 9.76. The highest BCUT2D eigenvalue weighted by molar-refractivity contribution is 7.33. The summed E-state index contributed by atoms with van der Waals surface area (Å²) in [6.07, 6.45) is 0.769. The molecule has 0 aromatic carbocycles. The maximum Gasteiger partial charge on any atom is 0.697 e. The maximum atomic E-state index is 11.2. The molecule has 0 aliphatic heterocycles. The summed E-state index contributed by atoms with van der Waals surface area (Å²) < 4.78 is 20.8. The van der Waals surface area contributed by atoms with E-state index in [0.29, 0.717) is 23.0 Å². The Morgan fingerprint density at radius 3 is 1.60 bits per heavy atom. The summed E-state index contributed by atoms with van der Waals surface area (Å²) in [6, 6.07) is 0. The maximum absolute atomic E-state index is 11.2. The molecule has 0 radical (unpaired) electrons. The largest absolute Gasteiger partial charge is 0.697 e. The normalized spacial score (nSPS) is 10.2. The molecule has 0 aliphatic carbocycles. The van der Waals surface area contributed by atoms with E-state index in [0.717, 1.165) is 0 Å². The molecule has 0 heterocycles. The highest BCUT2D eigenvalue weighted by atomic mass is 31.1. The first kappa shape index (κ1) is 18.9. The second-order valence-corrected chi connectivity index (χ2v) is 4.90. The minimum atomic E-state index is -2.30. The van der Waals surface area contributed by atoms with Gasteiger partial charge in [-0.3, -0.25) is 20.0 Å². The Hall–Kier alpha value is -1.12. The first-order valence-electron chi connectivity index (χ1n) is 5.98. The number of hydrogen-bond acceptors (Lipinski definition) is 7. The Balaban J connectivity index is 3.51. The molecule has 0 fully saturated rings. The van der Waals surface area contributed by atoms with Crippen molar-refractivity contribution >= 4 is 20.1 Å². The van der Waals surface area contributed by atoms with E-state index in [-0.39, 0.29) is 26.1 Å². The average Bonchev–Trinajstić information content (AvgIpc) is 2.38. The minimum absolute atomic E-state index is 0.0626. The zero-order chi connectivity index (χ0) is 15.5. The van der Waals surface area contributed by atoms with Crippen LogP contribution in [0.3, 0.4) is 0 Å². The number of rotatable bonds is 10. The first-order valence-corrected chi connectivity index (χ1v) is 7.08. The van der Waals surface area contributed by atoms with E-state index < -0.39 is 20.1 Å². The fourth-order valence-electron chi connectivity index (χ4n) is 1.09. The van der Waals surface area contributed by atoms with E-state index >= 15 is 0 Å². The van der Waals surface area contributed by atoms with E-state index in [1.807, 2.05) is 0 Å². The van der Waals surface area contributed by atoms with Crippen molar-refractivity contribution in [1.29, 1.82) is 0 Å². The molecule has 2 N–H and O–H groups in total. The van der Waals surface area contributed by atoms with Crippen LogP contribution in [0.5, 0.6) is 0 Å². The molecule has 9 nitrogen and oxygen atoms in total. The molecule has 116 valence electrons. The third-order valence-electron chi connectivity index (χ3n) is 2.19. The van der Waals surface area contributed by atoms with Crippen LogP contribution in [-0.2, 0) is 23.2 Å². The smallest absolute Gasteiger partial charge is 0.286 e. The number of carbonyl (C=O) groups is 2. The average molecular weight is 311 g/mol. The third-order valence-corrected chi connectivity index (χ3v) is 2.97. The minimum Gasteiger partial charge on any atom is -0.286 e. The Labute approximate surface area is 117 Å². The molecule has 0 saturated carbocycles. The molecule has 0 aromatic heterocycles. The summed E-state index contributed by atoms with van der Waals surface area (Å²) >= 11 is 0. The van der Waals surface area contributed by atoms with Gasteiger partial charge >= 0.3 is 8.25 Å². The van der Waals surface area contributed by atoms with Crippen LogP contribution in [0.4, 0.5) is 0 Å². The Bertz CT molecular complexity index is 306. The fourth-order valence-corrected chi connectivity index (χ4v) is 1.72. The van der Waals surface area contributed by atoms with E-state index in [2.05, 4.69) is 0 Å².